The summed E-state index contributed by atoms with van der Waals surface area (Å²) in [5.74, 6) is -0.803. The van der Waals surface area contributed by atoms with E-state index in [2.05, 4.69) is 19.9 Å². The topological polar surface area (TPSA) is 419 Å². The van der Waals surface area contributed by atoms with Gasteiger partial charge in [0.05, 0.1) is 50.2 Å². The third-order valence-corrected chi connectivity index (χ3v) is 20.4. The number of esters is 1. The summed E-state index contributed by atoms with van der Waals surface area (Å²) >= 11 is 0. The van der Waals surface area contributed by atoms with Gasteiger partial charge in [-0.25, -0.2) is 0 Å². The van der Waals surface area contributed by atoms with E-state index < -0.39 is 196 Å². The van der Waals surface area contributed by atoms with Crippen molar-refractivity contribution in [2.75, 3.05) is 19.8 Å². The number of allylic oxidation sites excluding steroid dienone is 1. The molecule has 0 spiro atoms. The molecule has 84 heavy (non-hydrogen) atoms. The molecular weight excluding hydrogens is 1120 g/mol. The van der Waals surface area contributed by atoms with Crippen molar-refractivity contribution in [1.29, 1.82) is 0 Å². The molecule has 0 aromatic heterocycles. The fraction of sp³-hybridized carbons (Fsp3) is 0.930. The van der Waals surface area contributed by atoms with Gasteiger partial charge in [0.2, 0.25) is 0 Å². The molecule has 3 saturated carbocycles. The molecule has 5 aliphatic heterocycles. The van der Waals surface area contributed by atoms with Crippen molar-refractivity contribution in [3.05, 3.63) is 11.6 Å². The van der Waals surface area contributed by atoms with Crippen molar-refractivity contribution in [3.8, 4) is 0 Å². The van der Waals surface area contributed by atoms with Gasteiger partial charge in [0.15, 0.2) is 31.5 Å². The number of hydrogen-bond donors (Lipinski definition) is 14. The first-order chi connectivity index (χ1) is 39.6. The number of Topliss-reactive ketones (excluding diaryl/α,β-unsaturated/α-hetero) is 1. The zero-order chi connectivity index (χ0) is 61.2. The third kappa shape index (κ3) is 12.8. The van der Waals surface area contributed by atoms with Crippen LogP contribution in [0.2, 0.25) is 0 Å². The zero-order valence-electron chi connectivity index (χ0n) is 48.6. The molecule has 27 nitrogen and oxygen atoms in total. The molecule has 0 bridgehead atoms. The monoisotopic (exact) mass is 1210 g/mol. The number of fused-ring (bicyclic) bond motifs is 5. The van der Waals surface area contributed by atoms with Crippen LogP contribution in [0.15, 0.2) is 11.6 Å². The standard InChI is InChI=1S/C57H92O27/c1-21(20-74-51-43(69)41(67)38(64)32(18-58)80-51)8-11-34(61)79-31-17-30-28-10-9-26-16-27(12-14-56(26,6)29(28)13-15-57(30,7)35(31)22(2)60)78-55-50(84-53-45(71)40(66)37(63)24(4)76-53)47(73)49(33(19-59)81-55)83-54-46(72)42(68)48(25(5)77-54)82-52-44(70)39(65)36(62)23(3)75-52/h9,21,23-25,27-33,35-55,58-59,62-73H,8,10-20H2,1-7H3/t21-,23+,24+,25+,27-,28+,29+,30-,31+,32+,33+,35-,36+,37+,38+,39-,40-,41-,42+,43+,44+,45+,46+,47-,48+,49+,50+,51+,52-,53-,54-,55+,56+,57-/m1/s1. The molecule has 5 heterocycles. The molecule has 0 amide bonds. The van der Waals surface area contributed by atoms with Gasteiger partial charge in [0.1, 0.15) is 116 Å². The largest absolute Gasteiger partial charge is 0.462 e. The second-order valence-corrected chi connectivity index (χ2v) is 25.9. The van der Waals surface area contributed by atoms with Crippen LogP contribution in [0.5, 0.6) is 0 Å². The second kappa shape index (κ2) is 26.8. The van der Waals surface area contributed by atoms with Gasteiger partial charge in [-0.2, -0.15) is 0 Å². The minimum absolute atomic E-state index is 0.0315. The van der Waals surface area contributed by atoms with E-state index in [0.717, 1.165) is 18.4 Å². The van der Waals surface area contributed by atoms with Crippen LogP contribution in [-0.4, -0.2) is 269 Å². The van der Waals surface area contributed by atoms with E-state index in [1.54, 1.807) is 6.92 Å². The Morgan fingerprint density at radius 1 is 0.595 bits per heavy atom. The van der Waals surface area contributed by atoms with Crippen molar-refractivity contribution in [1.82, 2.24) is 0 Å². The molecule has 0 aromatic carbocycles. The summed E-state index contributed by atoms with van der Waals surface area (Å²) in [5, 5.41) is 149. The maximum absolute atomic E-state index is 13.6. The SMILES string of the molecule is CC(=O)[C@@H]1[C@@H](OC(=O)CC[C@@H](C)CO[C@H]2O[C@@H](CO)[C@H](O)[C@@H](O)[C@@H]2O)C[C@@H]2[C@H]3CC=C4C[C@H](O[C@H]5O[C@@H](CO)[C@H](O[C@H]6O[C@@H](C)[C@H](O[C@H]7O[C@@H](C)[C@H](O)[C@@H](O)[C@@H]7O)[C@@H](O)[C@@H]6O)[C@@H](O)[C@@H]5O[C@H]5O[C@@H](C)[C@H](O)[C@@H](O)[C@@H]5O)CC[C@]4(C)[C@H]3CC[C@]21C. The minimum Gasteiger partial charge on any atom is -0.462 e. The molecule has 5 saturated heterocycles. The summed E-state index contributed by atoms with van der Waals surface area (Å²) in [5.41, 5.74) is 0.418. The minimum atomic E-state index is -1.90. The molecule has 8 fully saturated rings. The van der Waals surface area contributed by atoms with Crippen LogP contribution in [0.3, 0.4) is 0 Å². The molecule has 0 aromatic rings. The van der Waals surface area contributed by atoms with Crippen molar-refractivity contribution in [2.24, 2.45) is 40.4 Å². The average molecular weight is 1210 g/mol. The Morgan fingerprint density at radius 2 is 1.14 bits per heavy atom. The molecule has 27 heteroatoms. The molecule has 9 rings (SSSR count). The molecule has 482 valence electrons. The number of hydrogen-bond acceptors (Lipinski definition) is 27. The van der Waals surface area contributed by atoms with E-state index in [4.69, 9.17) is 52.1 Å². The van der Waals surface area contributed by atoms with Crippen LogP contribution in [0.1, 0.15) is 106 Å². The van der Waals surface area contributed by atoms with Crippen LogP contribution in [0, 0.1) is 40.4 Å². The fourth-order valence-corrected chi connectivity index (χ4v) is 15.4. The van der Waals surface area contributed by atoms with Crippen LogP contribution in [0.25, 0.3) is 0 Å². The summed E-state index contributed by atoms with van der Waals surface area (Å²) in [4.78, 5) is 27.2. The lowest BCUT2D eigenvalue weighted by Crippen LogP contribution is -2.67. The molecule has 0 unspecified atom stereocenters. The van der Waals surface area contributed by atoms with E-state index in [9.17, 15) is 81.1 Å². The first-order valence-corrected chi connectivity index (χ1v) is 29.9. The normalized spacial score (nSPS) is 51.9. The molecular formula is C57H92O27. The van der Waals surface area contributed by atoms with Crippen molar-refractivity contribution >= 4 is 11.8 Å². The number of rotatable bonds is 18. The number of carbonyl (C=O) groups excluding carboxylic acids is 2. The van der Waals surface area contributed by atoms with Crippen LogP contribution < -0.4 is 0 Å². The predicted molar refractivity (Wildman–Crippen MR) is 282 cm³/mol. The highest BCUT2D eigenvalue weighted by atomic mass is 16.8. The Bertz CT molecular complexity index is 2250. The Hall–Kier alpha value is -2.08. The van der Waals surface area contributed by atoms with Gasteiger partial charge in [0.25, 0.3) is 0 Å². The van der Waals surface area contributed by atoms with E-state index >= 15 is 0 Å². The summed E-state index contributed by atoms with van der Waals surface area (Å²) in [7, 11) is 0. The van der Waals surface area contributed by atoms with Crippen LogP contribution in [0.4, 0.5) is 0 Å². The van der Waals surface area contributed by atoms with Gasteiger partial charge >= 0.3 is 5.97 Å². The van der Waals surface area contributed by atoms with Gasteiger partial charge in [-0.15, -0.1) is 0 Å². The van der Waals surface area contributed by atoms with Crippen molar-refractivity contribution < 1.29 is 133 Å². The first kappa shape index (κ1) is 66.3. The zero-order valence-corrected chi connectivity index (χ0v) is 48.6. The highest BCUT2D eigenvalue weighted by molar-refractivity contribution is 5.81. The molecule has 4 aliphatic carbocycles. The summed E-state index contributed by atoms with van der Waals surface area (Å²) in [6.45, 7) is 10.8. The average Bonchev–Trinajstić information content (AvgIpc) is 1.86. The number of ketones is 1. The van der Waals surface area contributed by atoms with E-state index in [-0.39, 0.29) is 47.9 Å². The lowest BCUT2D eigenvalue weighted by molar-refractivity contribution is -0.394. The predicted octanol–water partition coefficient (Wildman–Crippen LogP) is -3.35. The Kier molecular flexibility index (Phi) is 21.2. The van der Waals surface area contributed by atoms with Crippen molar-refractivity contribution in [3.63, 3.8) is 0 Å². The fourth-order valence-electron chi connectivity index (χ4n) is 15.4. The van der Waals surface area contributed by atoms with Crippen LogP contribution >= 0.6 is 0 Å². The smallest absolute Gasteiger partial charge is 0.306 e. The summed E-state index contributed by atoms with van der Waals surface area (Å²) in [6, 6.07) is 0. The Balaban J connectivity index is 0.851. The lowest BCUT2D eigenvalue weighted by Gasteiger charge is -2.58. The Labute approximate surface area is 487 Å². The van der Waals surface area contributed by atoms with E-state index in [1.165, 1.54) is 20.8 Å². The Morgan fingerprint density at radius 3 is 1.75 bits per heavy atom. The third-order valence-electron chi connectivity index (χ3n) is 20.4. The lowest BCUT2D eigenvalue weighted by atomic mass is 9.47. The van der Waals surface area contributed by atoms with Gasteiger partial charge in [-0.05, 0) is 114 Å². The molecule has 0 radical (unpaired) electrons. The maximum Gasteiger partial charge on any atom is 0.306 e. The summed E-state index contributed by atoms with van der Waals surface area (Å²) < 4.78 is 65.8. The van der Waals surface area contributed by atoms with Crippen molar-refractivity contribution in [2.45, 2.75) is 272 Å². The number of carbonyl (C=O) groups is 2. The van der Waals surface area contributed by atoms with Gasteiger partial charge in [-0.3, -0.25) is 9.59 Å². The van der Waals surface area contributed by atoms with E-state index in [0.29, 0.717) is 38.5 Å². The molecule has 14 N–H and O–H groups in total. The number of aliphatic hydroxyl groups excluding tert-OH is 14. The van der Waals surface area contributed by atoms with Crippen LogP contribution in [-0.2, 0) is 61.7 Å². The second-order valence-electron chi connectivity index (χ2n) is 25.9. The highest BCUT2D eigenvalue weighted by Crippen LogP contribution is 2.67. The maximum atomic E-state index is 13.6. The molecule has 9 aliphatic rings. The quantitative estimate of drug-likeness (QED) is 0.0471. The van der Waals surface area contributed by atoms with Gasteiger partial charge in [0, 0.05) is 6.42 Å². The van der Waals surface area contributed by atoms with Gasteiger partial charge < -0.3 is 124 Å². The van der Waals surface area contributed by atoms with Gasteiger partial charge in [-0.1, -0.05) is 32.4 Å². The summed E-state index contributed by atoms with van der Waals surface area (Å²) in [6.07, 6.45) is -32.2. The molecule has 34 atom stereocenters. The number of ether oxygens (including phenoxy) is 11. The highest BCUT2D eigenvalue weighted by Gasteiger charge is 2.64. The number of aliphatic hydroxyl groups is 14. The van der Waals surface area contributed by atoms with E-state index in [1.807, 2.05) is 6.92 Å². The first-order valence-electron chi connectivity index (χ1n) is 29.9.